The number of non-ortho nitro benzene ring substituents is 1. The van der Waals surface area contributed by atoms with Gasteiger partial charge in [-0.15, -0.1) is 0 Å². The van der Waals surface area contributed by atoms with Crippen molar-refractivity contribution >= 4 is 27.6 Å². The van der Waals surface area contributed by atoms with Crippen LogP contribution in [0.15, 0.2) is 34.9 Å². The molecule has 0 saturated heterocycles. The highest BCUT2D eigenvalue weighted by molar-refractivity contribution is 9.10. The Labute approximate surface area is 129 Å². The molecule has 0 bridgehead atoms. The molecule has 1 N–H and O–H groups in total. The summed E-state index contributed by atoms with van der Waals surface area (Å²) in [4.78, 5) is 18.5. The highest BCUT2D eigenvalue weighted by Crippen LogP contribution is 2.28. The van der Waals surface area contributed by atoms with Gasteiger partial charge in [-0.05, 0) is 34.5 Å². The molecule has 0 aliphatic carbocycles. The molecule has 8 heteroatoms. The van der Waals surface area contributed by atoms with Crippen molar-refractivity contribution < 1.29 is 9.66 Å². The van der Waals surface area contributed by atoms with Crippen LogP contribution >= 0.6 is 15.9 Å². The van der Waals surface area contributed by atoms with Crippen LogP contribution in [0.5, 0.6) is 11.6 Å². The number of nitro groups is 1. The van der Waals surface area contributed by atoms with Gasteiger partial charge < -0.3 is 10.1 Å². The minimum absolute atomic E-state index is 0.00871. The van der Waals surface area contributed by atoms with Crippen molar-refractivity contribution in [3.63, 3.8) is 0 Å². The van der Waals surface area contributed by atoms with Gasteiger partial charge in [0.15, 0.2) is 0 Å². The number of nitrogens with zero attached hydrogens (tertiary/aromatic N) is 3. The van der Waals surface area contributed by atoms with Gasteiger partial charge in [0.2, 0.25) is 11.8 Å². The van der Waals surface area contributed by atoms with Gasteiger partial charge in [-0.3, -0.25) is 10.1 Å². The SMILES string of the molecule is CCCNc1ncc(Br)c(Oc2ccc([N+](=O)[O-])cc2)n1. The van der Waals surface area contributed by atoms with E-state index >= 15 is 0 Å². The van der Waals surface area contributed by atoms with E-state index in [4.69, 9.17) is 4.74 Å². The van der Waals surface area contributed by atoms with Crippen molar-refractivity contribution in [2.75, 3.05) is 11.9 Å². The minimum Gasteiger partial charge on any atom is -0.438 e. The summed E-state index contributed by atoms with van der Waals surface area (Å²) < 4.78 is 6.20. The Bertz CT molecular complexity index is 634. The maximum atomic E-state index is 10.6. The molecular weight excluding hydrogens is 340 g/mol. The first-order chi connectivity index (χ1) is 10.1. The number of ether oxygens (including phenoxy) is 1. The minimum atomic E-state index is -0.461. The Balaban J connectivity index is 2.16. The predicted octanol–water partition coefficient (Wildman–Crippen LogP) is 3.76. The molecule has 2 rings (SSSR count). The van der Waals surface area contributed by atoms with Gasteiger partial charge in [-0.25, -0.2) is 4.98 Å². The van der Waals surface area contributed by atoms with Crippen LogP contribution in [0.25, 0.3) is 0 Å². The number of benzene rings is 1. The molecular formula is C13H13BrN4O3. The molecule has 0 aliphatic heterocycles. The van der Waals surface area contributed by atoms with Crippen LogP contribution in [0.4, 0.5) is 11.6 Å². The lowest BCUT2D eigenvalue weighted by Gasteiger charge is -2.08. The summed E-state index contributed by atoms with van der Waals surface area (Å²) in [6.45, 7) is 2.80. The van der Waals surface area contributed by atoms with Gasteiger partial charge in [0, 0.05) is 18.7 Å². The number of hydrogen-bond acceptors (Lipinski definition) is 6. The topological polar surface area (TPSA) is 90.2 Å². The number of hydrogen-bond donors (Lipinski definition) is 1. The summed E-state index contributed by atoms with van der Waals surface area (Å²) in [5.74, 6) is 1.27. The number of anilines is 1. The summed E-state index contributed by atoms with van der Waals surface area (Å²) in [7, 11) is 0. The average molecular weight is 353 g/mol. The summed E-state index contributed by atoms with van der Waals surface area (Å²) in [5.41, 5.74) is 0.00871. The zero-order valence-electron chi connectivity index (χ0n) is 11.2. The molecule has 2 aromatic rings. The number of halogens is 1. The number of nitro benzene ring substituents is 1. The fourth-order valence-electron chi connectivity index (χ4n) is 1.49. The first-order valence-electron chi connectivity index (χ1n) is 6.29. The van der Waals surface area contributed by atoms with Gasteiger partial charge in [0.1, 0.15) is 5.75 Å². The smallest absolute Gasteiger partial charge is 0.269 e. The van der Waals surface area contributed by atoms with E-state index in [-0.39, 0.29) is 5.69 Å². The second-order valence-corrected chi connectivity index (χ2v) is 4.98. The van der Waals surface area contributed by atoms with Crippen molar-refractivity contribution in [3.05, 3.63) is 45.0 Å². The van der Waals surface area contributed by atoms with E-state index in [1.165, 1.54) is 24.3 Å². The fourth-order valence-corrected chi connectivity index (χ4v) is 1.76. The Hall–Kier alpha value is -2.22. The molecule has 0 aliphatic rings. The van der Waals surface area contributed by atoms with Gasteiger partial charge in [-0.1, -0.05) is 6.92 Å². The lowest BCUT2D eigenvalue weighted by molar-refractivity contribution is -0.384. The highest BCUT2D eigenvalue weighted by Gasteiger charge is 2.09. The Morgan fingerprint density at radius 1 is 1.38 bits per heavy atom. The Morgan fingerprint density at radius 3 is 2.71 bits per heavy atom. The largest absolute Gasteiger partial charge is 0.438 e. The molecule has 7 nitrogen and oxygen atoms in total. The third-order valence-corrected chi connectivity index (χ3v) is 3.05. The van der Waals surface area contributed by atoms with E-state index in [0.717, 1.165) is 13.0 Å². The van der Waals surface area contributed by atoms with E-state index in [9.17, 15) is 10.1 Å². The standard InChI is InChI=1S/C13H13BrN4O3/c1-2-7-15-13-16-8-11(14)12(17-13)21-10-5-3-9(4-6-10)18(19)20/h3-6,8H,2,7H2,1H3,(H,15,16,17). The zero-order chi connectivity index (χ0) is 15.2. The normalized spacial score (nSPS) is 10.2. The molecule has 0 atom stereocenters. The lowest BCUT2D eigenvalue weighted by atomic mass is 10.3. The molecule has 0 unspecified atom stereocenters. The lowest BCUT2D eigenvalue weighted by Crippen LogP contribution is -2.05. The van der Waals surface area contributed by atoms with Crippen molar-refractivity contribution in [1.29, 1.82) is 0 Å². The van der Waals surface area contributed by atoms with E-state index < -0.39 is 4.92 Å². The number of nitrogens with one attached hydrogen (secondary N) is 1. The van der Waals surface area contributed by atoms with Crippen molar-refractivity contribution in [2.24, 2.45) is 0 Å². The summed E-state index contributed by atoms with van der Waals surface area (Å²) in [6.07, 6.45) is 2.55. The molecule has 1 aromatic heterocycles. The third-order valence-electron chi connectivity index (χ3n) is 2.51. The van der Waals surface area contributed by atoms with Crippen LogP contribution in [-0.4, -0.2) is 21.4 Å². The van der Waals surface area contributed by atoms with Crippen LogP contribution in [0, 0.1) is 10.1 Å². The quantitative estimate of drug-likeness (QED) is 0.628. The average Bonchev–Trinajstić information content (AvgIpc) is 2.48. The first-order valence-corrected chi connectivity index (χ1v) is 7.08. The first kappa shape index (κ1) is 15.2. The van der Waals surface area contributed by atoms with Gasteiger partial charge in [-0.2, -0.15) is 4.98 Å². The number of rotatable bonds is 6. The van der Waals surface area contributed by atoms with Gasteiger partial charge >= 0.3 is 0 Å². The highest BCUT2D eigenvalue weighted by atomic mass is 79.9. The zero-order valence-corrected chi connectivity index (χ0v) is 12.8. The second kappa shape index (κ2) is 6.98. The molecule has 0 amide bonds. The summed E-state index contributed by atoms with van der Waals surface area (Å²) in [5, 5.41) is 13.7. The molecule has 0 radical (unpaired) electrons. The summed E-state index contributed by atoms with van der Waals surface area (Å²) >= 11 is 3.31. The van der Waals surface area contributed by atoms with Crippen LogP contribution < -0.4 is 10.1 Å². The molecule has 0 saturated carbocycles. The third kappa shape index (κ3) is 4.12. The van der Waals surface area contributed by atoms with E-state index in [0.29, 0.717) is 22.1 Å². The van der Waals surface area contributed by atoms with Crippen LogP contribution in [-0.2, 0) is 0 Å². The summed E-state index contributed by atoms with van der Waals surface area (Å²) in [6, 6.07) is 5.79. The molecule has 0 spiro atoms. The second-order valence-electron chi connectivity index (χ2n) is 4.13. The Morgan fingerprint density at radius 2 is 2.10 bits per heavy atom. The van der Waals surface area contributed by atoms with Crippen LogP contribution in [0.2, 0.25) is 0 Å². The Kier molecular flexibility index (Phi) is 5.04. The monoisotopic (exact) mass is 352 g/mol. The number of aromatic nitrogens is 2. The van der Waals surface area contributed by atoms with Crippen LogP contribution in [0.3, 0.4) is 0 Å². The molecule has 21 heavy (non-hydrogen) atoms. The maximum Gasteiger partial charge on any atom is 0.269 e. The van der Waals surface area contributed by atoms with E-state index in [1.807, 2.05) is 6.92 Å². The van der Waals surface area contributed by atoms with Crippen molar-refractivity contribution in [3.8, 4) is 11.6 Å². The predicted molar refractivity (Wildman–Crippen MR) is 81.7 cm³/mol. The fraction of sp³-hybridized carbons (Fsp3) is 0.231. The maximum absolute atomic E-state index is 10.6. The molecule has 1 aromatic carbocycles. The van der Waals surface area contributed by atoms with E-state index in [2.05, 4.69) is 31.2 Å². The molecule has 0 fully saturated rings. The van der Waals surface area contributed by atoms with Crippen molar-refractivity contribution in [1.82, 2.24) is 9.97 Å². The van der Waals surface area contributed by atoms with Crippen molar-refractivity contribution in [2.45, 2.75) is 13.3 Å². The van der Waals surface area contributed by atoms with Crippen LogP contribution in [0.1, 0.15) is 13.3 Å². The van der Waals surface area contributed by atoms with E-state index in [1.54, 1.807) is 6.20 Å². The van der Waals surface area contributed by atoms with Gasteiger partial charge in [0.05, 0.1) is 15.6 Å². The van der Waals surface area contributed by atoms with Gasteiger partial charge in [0.25, 0.3) is 5.69 Å². The molecule has 1 heterocycles. The molecule has 110 valence electrons.